The van der Waals surface area contributed by atoms with Crippen molar-refractivity contribution in [1.82, 2.24) is 15.0 Å². The van der Waals surface area contributed by atoms with Crippen LogP contribution in [-0.2, 0) is 10.0 Å². The molecule has 1 aliphatic carbocycles. The lowest BCUT2D eigenvalue weighted by Crippen LogP contribution is -2.38. The Labute approximate surface area is 221 Å². The Morgan fingerprint density at radius 1 is 1.05 bits per heavy atom. The minimum absolute atomic E-state index is 0.0529. The summed E-state index contributed by atoms with van der Waals surface area (Å²) in [7, 11) is -4.06. The SMILES string of the molecule is Cc1c(S(=O)(=O)Nc2ccon2)ncc(C(=O)N2CCC(c3ccc(F)cc3)CC2)c1NC1CCCCC1. The number of piperidine rings is 1. The molecular formula is C27H32FN5O4S. The van der Waals surface area contributed by atoms with Crippen LogP contribution < -0.4 is 10.0 Å². The number of carbonyl (C=O) groups is 1. The van der Waals surface area contributed by atoms with Gasteiger partial charge in [0.25, 0.3) is 15.9 Å². The molecule has 0 atom stereocenters. The number of hydrogen-bond acceptors (Lipinski definition) is 7. The maximum atomic E-state index is 13.7. The molecule has 1 aliphatic heterocycles. The fourth-order valence-electron chi connectivity index (χ4n) is 5.44. The zero-order valence-electron chi connectivity index (χ0n) is 21.3. The average Bonchev–Trinajstić information content (AvgIpc) is 3.43. The van der Waals surface area contributed by atoms with E-state index in [-0.39, 0.29) is 34.5 Å². The molecule has 2 fully saturated rings. The number of hydrogen-bond donors (Lipinski definition) is 2. The fraction of sp³-hybridized carbons (Fsp3) is 0.444. The molecule has 9 nitrogen and oxygen atoms in total. The molecule has 3 aromatic rings. The van der Waals surface area contributed by atoms with Crippen molar-refractivity contribution in [1.29, 1.82) is 0 Å². The van der Waals surface area contributed by atoms with Gasteiger partial charge in [0.1, 0.15) is 12.1 Å². The van der Waals surface area contributed by atoms with Gasteiger partial charge in [-0.2, -0.15) is 8.42 Å². The molecule has 0 unspecified atom stereocenters. The van der Waals surface area contributed by atoms with E-state index in [1.165, 1.54) is 37.1 Å². The third-order valence-corrected chi connectivity index (χ3v) is 8.91. The number of amides is 1. The van der Waals surface area contributed by atoms with Gasteiger partial charge in [0.15, 0.2) is 10.8 Å². The Balaban J connectivity index is 1.40. The van der Waals surface area contributed by atoms with Crippen LogP contribution in [0.25, 0.3) is 0 Å². The number of sulfonamides is 1. The third-order valence-electron chi connectivity index (χ3n) is 7.51. The standard InChI is InChI=1S/C27H32FN5O4S/c1-18-25(30-22-5-3-2-4-6-22)23(17-29-26(18)38(35,36)32-24-13-16-37-31-24)27(34)33-14-11-20(12-15-33)19-7-9-21(28)10-8-19/h7-10,13,16-17,20,22H,2-6,11-12,14-15H2,1H3,(H,29,30)(H,31,32). The largest absolute Gasteiger partial charge is 0.381 e. The van der Waals surface area contributed by atoms with E-state index >= 15 is 0 Å². The predicted molar refractivity (Wildman–Crippen MR) is 141 cm³/mol. The molecule has 0 spiro atoms. The van der Waals surface area contributed by atoms with Crippen molar-refractivity contribution in [3.8, 4) is 0 Å². The molecule has 38 heavy (non-hydrogen) atoms. The van der Waals surface area contributed by atoms with Crippen LogP contribution in [0, 0.1) is 12.7 Å². The number of halogens is 1. The van der Waals surface area contributed by atoms with Gasteiger partial charge in [0, 0.05) is 37.0 Å². The van der Waals surface area contributed by atoms with Crippen molar-refractivity contribution in [2.24, 2.45) is 0 Å². The van der Waals surface area contributed by atoms with E-state index in [4.69, 9.17) is 4.52 Å². The molecule has 2 aliphatic rings. The van der Waals surface area contributed by atoms with Crippen LogP contribution in [0.1, 0.15) is 72.3 Å². The maximum Gasteiger partial charge on any atom is 0.280 e. The van der Waals surface area contributed by atoms with Gasteiger partial charge in [-0.25, -0.2) is 9.37 Å². The van der Waals surface area contributed by atoms with Gasteiger partial charge in [-0.15, -0.1) is 0 Å². The summed E-state index contributed by atoms with van der Waals surface area (Å²) in [5.41, 5.74) is 2.34. The Hall–Kier alpha value is -3.47. The number of likely N-dealkylation sites (tertiary alicyclic amines) is 1. The number of nitrogens with one attached hydrogen (secondary N) is 2. The second-order valence-corrected chi connectivity index (χ2v) is 11.7. The highest BCUT2D eigenvalue weighted by molar-refractivity contribution is 7.92. The Morgan fingerprint density at radius 2 is 1.76 bits per heavy atom. The topological polar surface area (TPSA) is 117 Å². The van der Waals surface area contributed by atoms with Gasteiger partial charge in [-0.1, -0.05) is 36.6 Å². The summed E-state index contributed by atoms with van der Waals surface area (Å²) in [6.07, 6.45) is 9.42. The second-order valence-electron chi connectivity index (χ2n) is 10.1. The summed E-state index contributed by atoms with van der Waals surface area (Å²) < 4.78 is 46.7. The van der Waals surface area contributed by atoms with Crippen molar-refractivity contribution in [2.75, 3.05) is 23.1 Å². The van der Waals surface area contributed by atoms with Gasteiger partial charge >= 0.3 is 0 Å². The molecule has 0 radical (unpaired) electrons. The van der Waals surface area contributed by atoms with Crippen molar-refractivity contribution >= 4 is 27.4 Å². The monoisotopic (exact) mass is 541 g/mol. The van der Waals surface area contributed by atoms with E-state index in [0.717, 1.165) is 44.1 Å². The van der Waals surface area contributed by atoms with Crippen LogP contribution in [-0.4, -0.2) is 48.5 Å². The summed E-state index contributed by atoms with van der Waals surface area (Å²) >= 11 is 0. The number of carbonyl (C=O) groups excluding carboxylic acids is 1. The maximum absolute atomic E-state index is 13.7. The first-order valence-electron chi connectivity index (χ1n) is 13.1. The van der Waals surface area contributed by atoms with E-state index in [2.05, 4.69) is 20.2 Å². The summed E-state index contributed by atoms with van der Waals surface area (Å²) in [6.45, 7) is 2.78. The van der Waals surface area contributed by atoms with Gasteiger partial charge in [0.2, 0.25) is 0 Å². The lowest BCUT2D eigenvalue weighted by atomic mass is 9.89. The predicted octanol–water partition coefficient (Wildman–Crippen LogP) is 5.08. The lowest BCUT2D eigenvalue weighted by molar-refractivity contribution is 0.0713. The molecule has 0 bridgehead atoms. The molecule has 2 aromatic heterocycles. The number of pyridine rings is 1. The van der Waals surface area contributed by atoms with E-state index in [1.54, 1.807) is 11.8 Å². The molecule has 5 rings (SSSR count). The van der Waals surface area contributed by atoms with Crippen molar-refractivity contribution in [3.63, 3.8) is 0 Å². The lowest BCUT2D eigenvalue weighted by Gasteiger charge is -2.33. The first-order chi connectivity index (χ1) is 18.3. The van der Waals surface area contributed by atoms with Crippen LogP contribution in [0.4, 0.5) is 15.9 Å². The molecule has 2 N–H and O–H groups in total. The van der Waals surface area contributed by atoms with E-state index in [0.29, 0.717) is 29.9 Å². The minimum atomic E-state index is -4.06. The number of benzene rings is 1. The molecule has 11 heteroatoms. The summed E-state index contributed by atoms with van der Waals surface area (Å²) in [5.74, 6) is -0.125. The molecule has 3 heterocycles. The van der Waals surface area contributed by atoms with Gasteiger partial charge in [-0.3, -0.25) is 9.52 Å². The highest BCUT2D eigenvalue weighted by Crippen LogP contribution is 2.33. The zero-order chi connectivity index (χ0) is 26.7. The Kier molecular flexibility index (Phi) is 7.64. The Morgan fingerprint density at radius 3 is 2.42 bits per heavy atom. The van der Waals surface area contributed by atoms with Crippen LogP contribution >= 0.6 is 0 Å². The van der Waals surface area contributed by atoms with Crippen molar-refractivity contribution in [2.45, 2.75) is 68.9 Å². The number of aromatic nitrogens is 2. The normalized spacial score (nSPS) is 17.4. The molecule has 1 saturated heterocycles. The van der Waals surface area contributed by atoms with Gasteiger partial charge < -0.3 is 14.7 Å². The number of nitrogens with zero attached hydrogens (tertiary/aromatic N) is 3. The van der Waals surface area contributed by atoms with Crippen LogP contribution in [0.3, 0.4) is 0 Å². The molecule has 1 saturated carbocycles. The fourth-order valence-corrected chi connectivity index (χ4v) is 6.61. The molecule has 1 aromatic carbocycles. The summed E-state index contributed by atoms with van der Waals surface area (Å²) in [6, 6.07) is 8.11. The van der Waals surface area contributed by atoms with Gasteiger partial charge in [-0.05, 0) is 56.2 Å². The van der Waals surface area contributed by atoms with Crippen LogP contribution in [0.15, 0.2) is 52.3 Å². The quantitative estimate of drug-likeness (QED) is 0.428. The van der Waals surface area contributed by atoms with Gasteiger partial charge in [0.05, 0.1) is 11.3 Å². The number of rotatable bonds is 7. The number of anilines is 2. The van der Waals surface area contributed by atoms with E-state index < -0.39 is 10.0 Å². The van der Waals surface area contributed by atoms with Crippen LogP contribution in [0.2, 0.25) is 0 Å². The van der Waals surface area contributed by atoms with Crippen molar-refractivity contribution in [3.05, 3.63) is 65.3 Å². The van der Waals surface area contributed by atoms with Crippen LogP contribution in [0.5, 0.6) is 0 Å². The molecule has 202 valence electrons. The highest BCUT2D eigenvalue weighted by atomic mass is 32.2. The molecule has 1 amide bonds. The first kappa shape index (κ1) is 26.1. The third kappa shape index (κ3) is 5.67. The molecular weight excluding hydrogens is 509 g/mol. The first-order valence-corrected chi connectivity index (χ1v) is 14.5. The average molecular weight is 542 g/mol. The van der Waals surface area contributed by atoms with Crippen molar-refractivity contribution < 1.29 is 22.1 Å². The minimum Gasteiger partial charge on any atom is -0.381 e. The smallest absolute Gasteiger partial charge is 0.280 e. The summed E-state index contributed by atoms with van der Waals surface area (Å²) in [5, 5.41) is 6.96. The Bertz CT molecular complexity index is 1370. The summed E-state index contributed by atoms with van der Waals surface area (Å²) in [4.78, 5) is 19.8. The van der Waals surface area contributed by atoms with E-state index in [9.17, 15) is 17.6 Å². The highest BCUT2D eigenvalue weighted by Gasteiger charge is 2.31. The van der Waals surface area contributed by atoms with E-state index in [1.807, 2.05) is 12.1 Å². The zero-order valence-corrected chi connectivity index (χ0v) is 22.1. The second kappa shape index (κ2) is 11.1.